The van der Waals surface area contributed by atoms with E-state index in [1.54, 1.807) is 16.8 Å². The number of esters is 1. The lowest BCUT2D eigenvalue weighted by Crippen LogP contribution is -2.44. The van der Waals surface area contributed by atoms with E-state index in [1.807, 2.05) is 5.38 Å². The monoisotopic (exact) mass is 241 g/mol. The van der Waals surface area contributed by atoms with Crippen molar-refractivity contribution in [3.63, 3.8) is 0 Å². The van der Waals surface area contributed by atoms with E-state index >= 15 is 0 Å². The minimum absolute atomic E-state index is 0.0380. The van der Waals surface area contributed by atoms with Crippen LogP contribution >= 0.6 is 11.3 Å². The Morgan fingerprint density at radius 2 is 2.50 bits per heavy atom. The van der Waals surface area contributed by atoms with E-state index in [0.717, 1.165) is 5.69 Å². The molecule has 0 aromatic carbocycles. The first-order valence-corrected chi connectivity index (χ1v) is 6.23. The number of carbonyl (C=O) groups is 1. The molecule has 0 unspecified atom stereocenters. The maximum atomic E-state index is 11.4. The zero-order chi connectivity index (χ0) is 11.4. The van der Waals surface area contributed by atoms with Crippen LogP contribution in [0.3, 0.4) is 0 Å². The Hall–Kier alpha value is -0.940. The molecule has 0 spiro atoms. The summed E-state index contributed by atoms with van der Waals surface area (Å²) in [5.74, 6) is -0.152. The van der Waals surface area contributed by atoms with Gasteiger partial charge >= 0.3 is 5.97 Å². The summed E-state index contributed by atoms with van der Waals surface area (Å²) in [5, 5.41) is 1.95. The van der Waals surface area contributed by atoms with Crippen molar-refractivity contribution < 1.29 is 14.3 Å². The highest BCUT2D eigenvalue weighted by Gasteiger charge is 2.34. The summed E-state index contributed by atoms with van der Waals surface area (Å²) in [4.78, 5) is 15.6. The van der Waals surface area contributed by atoms with Crippen LogP contribution in [0.1, 0.15) is 19.0 Å². The molecule has 88 valence electrons. The smallest absolute Gasteiger partial charge is 0.306 e. The van der Waals surface area contributed by atoms with Gasteiger partial charge in [0.25, 0.3) is 0 Å². The van der Waals surface area contributed by atoms with E-state index in [9.17, 15) is 4.79 Å². The number of hydrogen-bond acceptors (Lipinski definition) is 5. The van der Waals surface area contributed by atoms with Crippen molar-refractivity contribution >= 4 is 17.3 Å². The Balaban J connectivity index is 1.65. The third-order valence-corrected chi connectivity index (χ3v) is 3.19. The van der Waals surface area contributed by atoms with Crippen molar-refractivity contribution in [2.45, 2.75) is 19.8 Å². The minimum Gasteiger partial charge on any atom is -0.465 e. The molecular formula is C11H15NO3S. The highest BCUT2D eigenvalue weighted by Crippen LogP contribution is 2.26. The van der Waals surface area contributed by atoms with Gasteiger partial charge in [0, 0.05) is 17.2 Å². The topological polar surface area (TPSA) is 48.4 Å². The van der Waals surface area contributed by atoms with Crippen LogP contribution in [0, 0.1) is 5.41 Å². The summed E-state index contributed by atoms with van der Waals surface area (Å²) in [6.45, 7) is 3.89. The van der Waals surface area contributed by atoms with Crippen molar-refractivity contribution in [1.29, 1.82) is 0 Å². The SMILES string of the molecule is CC1(COC(=O)CCc2cscn2)COC1. The number of rotatable bonds is 5. The summed E-state index contributed by atoms with van der Waals surface area (Å²) in [6, 6.07) is 0. The lowest BCUT2D eigenvalue weighted by molar-refractivity contribution is -0.165. The number of hydrogen-bond donors (Lipinski definition) is 0. The molecule has 16 heavy (non-hydrogen) atoms. The lowest BCUT2D eigenvalue weighted by atomic mass is 9.90. The molecule has 0 saturated carbocycles. The molecule has 1 aromatic heterocycles. The second kappa shape index (κ2) is 4.93. The van der Waals surface area contributed by atoms with Crippen molar-refractivity contribution in [3.05, 3.63) is 16.6 Å². The van der Waals surface area contributed by atoms with E-state index in [4.69, 9.17) is 9.47 Å². The van der Waals surface area contributed by atoms with Crippen LogP contribution in [0.2, 0.25) is 0 Å². The van der Waals surface area contributed by atoms with Gasteiger partial charge in [-0.2, -0.15) is 0 Å². The molecule has 0 radical (unpaired) electrons. The maximum Gasteiger partial charge on any atom is 0.306 e. The molecule has 1 aliphatic heterocycles. The van der Waals surface area contributed by atoms with Gasteiger partial charge in [-0.15, -0.1) is 11.3 Å². The Morgan fingerprint density at radius 1 is 1.69 bits per heavy atom. The number of aryl methyl sites for hydroxylation is 1. The first-order chi connectivity index (χ1) is 7.68. The molecule has 1 saturated heterocycles. The number of aromatic nitrogens is 1. The van der Waals surface area contributed by atoms with Gasteiger partial charge in [-0.3, -0.25) is 4.79 Å². The van der Waals surface area contributed by atoms with Crippen LogP contribution in [0.25, 0.3) is 0 Å². The molecule has 1 aromatic rings. The third kappa shape index (κ3) is 3.02. The highest BCUT2D eigenvalue weighted by atomic mass is 32.1. The summed E-state index contributed by atoms with van der Waals surface area (Å²) >= 11 is 1.54. The fourth-order valence-electron chi connectivity index (χ4n) is 1.45. The molecule has 0 amide bonds. The van der Waals surface area contributed by atoms with Crippen LogP contribution in [-0.4, -0.2) is 30.8 Å². The molecule has 5 heteroatoms. The number of nitrogens with zero attached hydrogens (tertiary/aromatic N) is 1. The molecule has 0 N–H and O–H groups in total. The van der Waals surface area contributed by atoms with Crippen molar-refractivity contribution in [1.82, 2.24) is 4.98 Å². The predicted octanol–water partition coefficient (Wildman–Crippen LogP) is 1.66. The van der Waals surface area contributed by atoms with Gasteiger partial charge < -0.3 is 9.47 Å². The minimum atomic E-state index is -0.152. The number of carbonyl (C=O) groups excluding carboxylic acids is 1. The molecular weight excluding hydrogens is 226 g/mol. The van der Waals surface area contributed by atoms with Crippen molar-refractivity contribution in [2.75, 3.05) is 19.8 Å². The summed E-state index contributed by atoms with van der Waals surface area (Å²) in [7, 11) is 0. The van der Waals surface area contributed by atoms with E-state index in [1.165, 1.54) is 0 Å². The molecule has 1 fully saturated rings. The number of ether oxygens (including phenoxy) is 2. The van der Waals surface area contributed by atoms with Gasteiger partial charge in [-0.05, 0) is 0 Å². The zero-order valence-electron chi connectivity index (χ0n) is 9.27. The van der Waals surface area contributed by atoms with E-state index in [2.05, 4.69) is 11.9 Å². The molecule has 0 bridgehead atoms. The molecule has 0 atom stereocenters. The van der Waals surface area contributed by atoms with Gasteiger partial charge in [0.05, 0.1) is 30.8 Å². The second-order valence-corrected chi connectivity index (χ2v) is 5.16. The first-order valence-electron chi connectivity index (χ1n) is 5.28. The highest BCUT2D eigenvalue weighted by molar-refractivity contribution is 7.07. The summed E-state index contributed by atoms with van der Waals surface area (Å²) in [6.07, 6.45) is 1.07. The predicted molar refractivity (Wildman–Crippen MR) is 60.3 cm³/mol. The van der Waals surface area contributed by atoms with Crippen molar-refractivity contribution in [2.24, 2.45) is 5.41 Å². The van der Waals surface area contributed by atoms with E-state index in [0.29, 0.717) is 32.7 Å². The van der Waals surface area contributed by atoms with Crippen LogP contribution in [0.4, 0.5) is 0 Å². The van der Waals surface area contributed by atoms with Crippen LogP contribution < -0.4 is 0 Å². The average molecular weight is 241 g/mol. The molecule has 4 nitrogen and oxygen atoms in total. The summed E-state index contributed by atoms with van der Waals surface area (Å²) < 4.78 is 10.3. The second-order valence-electron chi connectivity index (χ2n) is 4.44. The van der Waals surface area contributed by atoms with Crippen LogP contribution in [0.5, 0.6) is 0 Å². The normalized spacial score (nSPS) is 17.8. The molecule has 2 heterocycles. The zero-order valence-corrected chi connectivity index (χ0v) is 10.1. The lowest BCUT2D eigenvalue weighted by Gasteiger charge is -2.37. The Kier molecular flexibility index (Phi) is 3.56. The standard InChI is InChI=1S/C11H15NO3S/c1-11(5-14-6-11)7-15-10(13)3-2-9-4-16-8-12-9/h4,8H,2-3,5-7H2,1H3. The fourth-order valence-corrected chi connectivity index (χ4v) is 2.04. The average Bonchev–Trinajstić information content (AvgIpc) is 2.73. The number of thiazole rings is 1. The molecule has 0 aliphatic carbocycles. The van der Waals surface area contributed by atoms with Gasteiger partial charge in [-0.25, -0.2) is 4.98 Å². The molecule has 2 rings (SSSR count). The Labute approximate surface area is 98.6 Å². The Bertz CT molecular complexity index is 346. The van der Waals surface area contributed by atoms with Crippen LogP contribution in [0.15, 0.2) is 10.9 Å². The van der Waals surface area contributed by atoms with Gasteiger partial charge in [0.1, 0.15) is 6.61 Å². The quantitative estimate of drug-likeness (QED) is 0.736. The van der Waals surface area contributed by atoms with E-state index in [-0.39, 0.29) is 11.4 Å². The van der Waals surface area contributed by atoms with Crippen molar-refractivity contribution in [3.8, 4) is 0 Å². The molecule has 1 aliphatic rings. The first kappa shape index (κ1) is 11.5. The summed E-state index contributed by atoms with van der Waals surface area (Å²) in [5.41, 5.74) is 2.77. The Morgan fingerprint density at radius 3 is 3.06 bits per heavy atom. The van der Waals surface area contributed by atoms with Gasteiger partial charge in [-0.1, -0.05) is 6.92 Å². The van der Waals surface area contributed by atoms with Crippen LogP contribution in [-0.2, 0) is 20.7 Å². The maximum absolute atomic E-state index is 11.4. The van der Waals surface area contributed by atoms with Gasteiger partial charge in [0.15, 0.2) is 0 Å². The fraction of sp³-hybridized carbons (Fsp3) is 0.636. The van der Waals surface area contributed by atoms with Gasteiger partial charge in [0.2, 0.25) is 0 Å². The largest absolute Gasteiger partial charge is 0.465 e. The van der Waals surface area contributed by atoms with E-state index < -0.39 is 0 Å². The third-order valence-electron chi connectivity index (χ3n) is 2.55.